The average Bonchev–Trinajstić information content (AvgIpc) is 3.28. The van der Waals surface area contributed by atoms with Crippen LogP contribution in [0.3, 0.4) is 0 Å². The highest BCUT2D eigenvalue weighted by Crippen LogP contribution is 2.29. The van der Waals surface area contributed by atoms with Crippen molar-refractivity contribution in [2.75, 3.05) is 20.1 Å². The van der Waals surface area contributed by atoms with Gasteiger partial charge in [0.2, 0.25) is 23.6 Å². The molecule has 4 aromatic rings. The summed E-state index contributed by atoms with van der Waals surface area (Å²) in [5.74, 6) is -6.90. The maximum atomic E-state index is 14.3. The van der Waals surface area contributed by atoms with E-state index in [4.69, 9.17) is 9.90 Å². The fourth-order valence-electron chi connectivity index (χ4n) is 7.19. The predicted molar refractivity (Wildman–Crippen MR) is 236 cm³/mol. The van der Waals surface area contributed by atoms with E-state index < -0.39 is 65.9 Å². The molecular formula is C48H55F3N6O9. The van der Waals surface area contributed by atoms with Crippen molar-refractivity contribution in [2.45, 2.75) is 89.1 Å². The molecule has 4 bridgehead atoms. The van der Waals surface area contributed by atoms with Gasteiger partial charge in [0.1, 0.15) is 30.1 Å². The number of quaternary nitrogens is 1. The Morgan fingerprint density at radius 3 is 2.06 bits per heavy atom. The van der Waals surface area contributed by atoms with Gasteiger partial charge in [0, 0.05) is 32.0 Å². The lowest BCUT2D eigenvalue weighted by molar-refractivity contribution is -0.368. The van der Waals surface area contributed by atoms with Crippen molar-refractivity contribution in [1.82, 2.24) is 26.2 Å². The van der Waals surface area contributed by atoms with Crippen molar-refractivity contribution in [1.29, 1.82) is 0 Å². The summed E-state index contributed by atoms with van der Waals surface area (Å²) in [5, 5.41) is 29.5. The van der Waals surface area contributed by atoms with Gasteiger partial charge in [0.25, 0.3) is 5.91 Å². The first-order valence-electron chi connectivity index (χ1n) is 21.5. The van der Waals surface area contributed by atoms with Crippen LogP contribution < -0.4 is 32.1 Å². The molecule has 0 aromatic heterocycles. The summed E-state index contributed by atoms with van der Waals surface area (Å²) < 4.78 is 31.5. The molecule has 5 rings (SSSR count). The van der Waals surface area contributed by atoms with Crippen LogP contribution in [0.4, 0.5) is 13.2 Å². The molecule has 352 valence electrons. The number of rotatable bonds is 15. The Balaban J connectivity index is 0.00000126. The molecule has 8 N–H and O–H groups in total. The number of hydrogen-bond donors (Lipinski definition) is 6. The van der Waals surface area contributed by atoms with Gasteiger partial charge >= 0.3 is 12.1 Å². The predicted octanol–water partition coefficient (Wildman–Crippen LogP) is 3.12. The van der Waals surface area contributed by atoms with Crippen LogP contribution in [0.25, 0.3) is 22.3 Å². The Kier molecular flexibility index (Phi) is 19.0. The zero-order valence-electron chi connectivity index (χ0n) is 36.9. The number of hydrogen-bond acceptors (Lipinski definition) is 8. The first-order valence-corrected chi connectivity index (χ1v) is 21.5. The Bertz CT molecular complexity index is 2340. The third-order valence-corrected chi connectivity index (χ3v) is 10.7. The number of carboxylic acid groups (broad SMARTS) is 2. The number of halogens is 3. The number of aryl methyl sites for hydroxylation is 1. The van der Waals surface area contributed by atoms with Gasteiger partial charge in [-0.05, 0) is 89.8 Å². The minimum atomic E-state index is -5.19. The summed E-state index contributed by atoms with van der Waals surface area (Å²) in [7, 11) is 1.47. The van der Waals surface area contributed by atoms with E-state index >= 15 is 0 Å². The number of carbonyl (C=O) groups excluding carboxylic acids is 6. The van der Waals surface area contributed by atoms with Gasteiger partial charge in [-0.3, -0.25) is 24.0 Å². The van der Waals surface area contributed by atoms with Crippen molar-refractivity contribution in [3.63, 3.8) is 0 Å². The number of amides is 5. The van der Waals surface area contributed by atoms with E-state index in [0.717, 1.165) is 35.1 Å². The van der Waals surface area contributed by atoms with Gasteiger partial charge in [-0.15, -0.1) is 0 Å². The normalized spacial score (nSPS) is 16.4. The van der Waals surface area contributed by atoms with Crippen molar-refractivity contribution >= 4 is 41.5 Å². The van der Waals surface area contributed by atoms with Crippen LogP contribution in [0.15, 0.2) is 97.1 Å². The fraction of sp³-hybridized carbons (Fsp3) is 0.354. The summed E-state index contributed by atoms with van der Waals surface area (Å²) >= 11 is 0. The zero-order valence-corrected chi connectivity index (χ0v) is 36.9. The average molecular weight is 917 g/mol. The molecular weight excluding hydrogens is 862 g/mol. The Hall–Kier alpha value is -7.08. The van der Waals surface area contributed by atoms with Gasteiger partial charge in [0.05, 0.1) is 6.54 Å². The molecule has 1 heterocycles. The topological polar surface area (TPSA) is 242 Å². The van der Waals surface area contributed by atoms with Crippen molar-refractivity contribution < 1.29 is 62.7 Å². The molecule has 0 spiro atoms. The summed E-state index contributed by atoms with van der Waals surface area (Å²) in [6, 6.07) is 25.4. The quantitative estimate of drug-likeness (QED) is 0.0960. The first kappa shape index (κ1) is 51.6. The number of alkyl halides is 3. The molecule has 0 fully saturated rings. The van der Waals surface area contributed by atoms with Crippen LogP contribution >= 0.6 is 0 Å². The van der Waals surface area contributed by atoms with Gasteiger partial charge in [-0.25, -0.2) is 4.79 Å². The second-order valence-electron chi connectivity index (χ2n) is 15.8. The van der Waals surface area contributed by atoms with Gasteiger partial charge in [-0.1, -0.05) is 92.2 Å². The van der Waals surface area contributed by atoms with Crippen LogP contribution in [0, 0.1) is 0 Å². The highest BCUT2D eigenvalue weighted by Gasteiger charge is 2.35. The van der Waals surface area contributed by atoms with E-state index in [1.807, 2.05) is 30.3 Å². The third-order valence-electron chi connectivity index (χ3n) is 10.7. The third kappa shape index (κ3) is 15.0. The molecule has 0 saturated heterocycles. The number of carboxylic acids is 2. The Labute approximate surface area is 380 Å². The molecule has 66 heavy (non-hydrogen) atoms. The van der Waals surface area contributed by atoms with Crippen LogP contribution in [-0.4, -0.2) is 95.9 Å². The molecule has 0 radical (unpaired) electrons. The summed E-state index contributed by atoms with van der Waals surface area (Å²) in [6.45, 7) is 4.25. The lowest BCUT2D eigenvalue weighted by atomic mass is 9.95. The van der Waals surface area contributed by atoms with Gasteiger partial charge < -0.3 is 46.9 Å². The van der Waals surface area contributed by atoms with E-state index in [2.05, 4.69) is 58.2 Å². The molecule has 1 unspecified atom stereocenters. The van der Waals surface area contributed by atoms with Crippen LogP contribution in [0.5, 0.6) is 0 Å². The first-order chi connectivity index (χ1) is 31.3. The molecule has 18 heteroatoms. The summed E-state index contributed by atoms with van der Waals surface area (Å²) in [5.41, 5.74) is 10.3. The largest absolute Gasteiger partial charge is 0.542 e. The number of nitrogens with zero attached hydrogens (tertiary/aromatic N) is 1. The maximum Gasteiger partial charge on any atom is 0.430 e. The molecule has 1 aliphatic heterocycles. The van der Waals surface area contributed by atoms with E-state index in [0.29, 0.717) is 36.1 Å². The zero-order chi connectivity index (χ0) is 48.6. The molecule has 4 aromatic carbocycles. The van der Waals surface area contributed by atoms with Crippen LogP contribution in [0.2, 0.25) is 0 Å². The molecule has 5 amide bonds. The smallest absolute Gasteiger partial charge is 0.430 e. The number of nitrogens with one attached hydrogen (secondary N) is 4. The molecule has 4 atom stereocenters. The monoisotopic (exact) mass is 916 g/mol. The van der Waals surface area contributed by atoms with Crippen molar-refractivity contribution in [2.24, 2.45) is 0 Å². The van der Waals surface area contributed by atoms with Crippen molar-refractivity contribution in [3.8, 4) is 22.3 Å². The number of carbonyl (C=O) groups is 7. The summed E-state index contributed by atoms with van der Waals surface area (Å²) in [4.78, 5) is 90.1. The second kappa shape index (κ2) is 24.3. The van der Waals surface area contributed by atoms with Crippen LogP contribution in [0.1, 0.15) is 79.0 Å². The SMILES string of the molecule is CCCc1ccc(-c2ccc(C(=O)NCCC(=O)NC(CCCC[NH3+])C(=O)N(C)[C@@H]3C(=O)N[C@@H](C)C(=O)N[C@H](C(=O)O)Cc4cccc(c4)-c4cccc3c4)cc2)cc1.O=C([O-])C(F)(F)F. The van der Waals surface area contributed by atoms with Gasteiger partial charge in [-0.2, -0.15) is 13.2 Å². The number of benzene rings is 4. The summed E-state index contributed by atoms with van der Waals surface area (Å²) in [6.07, 6.45) is -1.59. The van der Waals surface area contributed by atoms with E-state index in [1.165, 1.54) is 24.4 Å². The minimum Gasteiger partial charge on any atom is -0.542 e. The molecule has 0 aliphatic carbocycles. The van der Waals surface area contributed by atoms with E-state index in [1.54, 1.807) is 42.5 Å². The number of unbranched alkanes of at least 4 members (excludes halogenated alkanes) is 1. The standard InChI is InChI=1S/C46H54N6O7.C2HF3O2/c1-4-9-30-15-17-32(18-16-30)33-19-21-34(22-20-33)43(55)48-25-23-40(53)50-38(14-5-6-24-47)45(57)52(3)41-37-13-8-12-36(28-37)35-11-7-10-31(26-35)27-39(46(58)59)51-42(54)29(2)49-44(41)56;3-2(4,5)1(6)7/h7-8,10-13,15-22,26,28-29,38-39,41H,4-6,9,14,23-25,27,47H2,1-3H3,(H,48,55)(H,49,56)(H,50,53)(H,51,54)(H,58,59);(H,6,7)/t29-,38?,39-,41-;/m0./s1. The number of fused-ring (bicyclic) bond motifs is 5. The van der Waals surface area contributed by atoms with Crippen LogP contribution in [-0.2, 0) is 41.6 Å². The number of aliphatic carboxylic acids is 2. The Morgan fingerprint density at radius 1 is 0.864 bits per heavy atom. The molecule has 0 saturated carbocycles. The van der Waals surface area contributed by atoms with E-state index in [9.17, 15) is 47.0 Å². The fourth-order valence-corrected chi connectivity index (χ4v) is 7.19. The number of likely N-dealkylation sites (N-methyl/N-ethyl adjacent to an activating group) is 1. The van der Waals surface area contributed by atoms with E-state index in [-0.39, 0.29) is 31.7 Å². The molecule has 1 aliphatic rings. The Morgan fingerprint density at radius 2 is 1.47 bits per heavy atom. The maximum absolute atomic E-state index is 14.3. The van der Waals surface area contributed by atoms with Gasteiger partial charge in [0.15, 0.2) is 0 Å². The minimum absolute atomic E-state index is 0.0304. The lowest BCUT2D eigenvalue weighted by Crippen LogP contribution is -2.55. The van der Waals surface area contributed by atoms with Crippen molar-refractivity contribution in [3.05, 3.63) is 119 Å². The highest BCUT2D eigenvalue weighted by molar-refractivity contribution is 5.96. The lowest BCUT2D eigenvalue weighted by Gasteiger charge is -2.32. The second-order valence-corrected chi connectivity index (χ2v) is 15.8. The highest BCUT2D eigenvalue weighted by atomic mass is 19.4. The molecule has 15 nitrogen and oxygen atoms in total.